The van der Waals surface area contributed by atoms with Crippen molar-refractivity contribution in [3.05, 3.63) is 12.7 Å². The molecule has 0 aromatic carbocycles. The number of ether oxygens (including phenoxy) is 2. The number of hydrogen-bond donors (Lipinski definition) is 1. The first-order chi connectivity index (χ1) is 9.04. The van der Waals surface area contributed by atoms with Crippen LogP contribution in [0.5, 0.6) is 0 Å². The van der Waals surface area contributed by atoms with E-state index >= 15 is 0 Å². The van der Waals surface area contributed by atoms with Gasteiger partial charge in [0.1, 0.15) is 11.6 Å². The van der Waals surface area contributed by atoms with E-state index in [0.717, 1.165) is 0 Å². The lowest BCUT2D eigenvalue weighted by atomic mass is 9.89. The molecule has 1 N–H and O–H groups in total. The average Bonchev–Trinajstić information content (AvgIpc) is 2.38. The molecule has 1 aliphatic rings. The SMILES string of the molecule is C=CC[C@@]1(CCO)N=C(OC)[C@@H](C(C)C)N=C1OC. The molecule has 0 bridgehead atoms. The van der Waals surface area contributed by atoms with Crippen molar-refractivity contribution in [2.45, 2.75) is 38.3 Å². The van der Waals surface area contributed by atoms with E-state index in [-0.39, 0.29) is 18.6 Å². The predicted molar refractivity (Wildman–Crippen MR) is 76.8 cm³/mol. The van der Waals surface area contributed by atoms with Gasteiger partial charge in [-0.3, -0.25) is 0 Å². The van der Waals surface area contributed by atoms with E-state index in [4.69, 9.17) is 9.47 Å². The van der Waals surface area contributed by atoms with Crippen LogP contribution in [-0.2, 0) is 9.47 Å². The standard InChI is InChI=1S/C14H24N2O3/c1-6-7-14(8-9-17)13(19-5)15-11(10(2)3)12(16-14)18-4/h6,10-11,17H,1,7-9H2,2-5H3/t11-,14+/m1/s1. The van der Waals surface area contributed by atoms with Gasteiger partial charge in [0.25, 0.3) is 0 Å². The van der Waals surface area contributed by atoms with Crippen molar-refractivity contribution >= 4 is 11.8 Å². The first-order valence-corrected chi connectivity index (χ1v) is 6.52. The normalized spacial score (nSPS) is 26.7. The van der Waals surface area contributed by atoms with Gasteiger partial charge in [-0.2, -0.15) is 0 Å². The van der Waals surface area contributed by atoms with Gasteiger partial charge in [-0.1, -0.05) is 19.9 Å². The van der Waals surface area contributed by atoms with E-state index in [1.807, 2.05) is 0 Å². The quantitative estimate of drug-likeness (QED) is 0.773. The summed E-state index contributed by atoms with van der Waals surface area (Å²) >= 11 is 0. The molecule has 19 heavy (non-hydrogen) atoms. The van der Waals surface area contributed by atoms with Crippen molar-refractivity contribution in [2.24, 2.45) is 15.9 Å². The first-order valence-electron chi connectivity index (χ1n) is 6.52. The van der Waals surface area contributed by atoms with Crippen LogP contribution in [0, 0.1) is 5.92 Å². The number of aliphatic hydroxyl groups is 1. The zero-order valence-corrected chi connectivity index (χ0v) is 12.2. The van der Waals surface area contributed by atoms with Crippen LogP contribution < -0.4 is 0 Å². The van der Waals surface area contributed by atoms with Crippen molar-refractivity contribution in [3.63, 3.8) is 0 Å². The van der Waals surface area contributed by atoms with Gasteiger partial charge in [0.15, 0.2) is 0 Å². The number of aliphatic imine (C=N–C) groups is 2. The van der Waals surface area contributed by atoms with Crippen LogP contribution in [0.4, 0.5) is 0 Å². The van der Waals surface area contributed by atoms with Gasteiger partial charge in [-0.05, 0) is 12.3 Å². The summed E-state index contributed by atoms with van der Waals surface area (Å²) in [6.07, 6.45) is 2.75. The number of methoxy groups -OCH3 is 2. The first kappa shape index (κ1) is 15.7. The molecule has 0 aromatic heterocycles. The molecule has 2 atom stereocenters. The molecule has 0 spiro atoms. The number of aliphatic hydroxyl groups excluding tert-OH is 1. The smallest absolute Gasteiger partial charge is 0.213 e. The van der Waals surface area contributed by atoms with Crippen LogP contribution in [0.2, 0.25) is 0 Å². The highest BCUT2D eigenvalue weighted by molar-refractivity contribution is 5.97. The number of hydrogen-bond acceptors (Lipinski definition) is 5. The number of nitrogens with zero attached hydrogens (tertiary/aromatic N) is 2. The lowest BCUT2D eigenvalue weighted by molar-refractivity contribution is 0.236. The second-order valence-corrected chi connectivity index (χ2v) is 4.98. The summed E-state index contributed by atoms with van der Waals surface area (Å²) in [5.74, 6) is 1.40. The zero-order chi connectivity index (χ0) is 14.5. The van der Waals surface area contributed by atoms with Gasteiger partial charge < -0.3 is 14.6 Å². The van der Waals surface area contributed by atoms with Gasteiger partial charge in [-0.25, -0.2) is 9.98 Å². The Morgan fingerprint density at radius 3 is 2.53 bits per heavy atom. The lowest BCUT2D eigenvalue weighted by Gasteiger charge is -2.35. The molecular weight excluding hydrogens is 244 g/mol. The van der Waals surface area contributed by atoms with E-state index in [2.05, 4.69) is 30.4 Å². The summed E-state index contributed by atoms with van der Waals surface area (Å²) in [6.45, 7) is 7.87. The summed E-state index contributed by atoms with van der Waals surface area (Å²) in [4.78, 5) is 9.30. The average molecular weight is 268 g/mol. The van der Waals surface area contributed by atoms with Gasteiger partial charge in [0, 0.05) is 13.0 Å². The van der Waals surface area contributed by atoms with Gasteiger partial charge in [0.05, 0.1) is 14.2 Å². The number of rotatable bonds is 5. The molecule has 0 saturated carbocycles. The fourth-order valence-corrected chi connectivity index (χ4v) is 2.29. The van der Waals surface area contributed by atoms with Crippen molar-refractivity contribution in [1.82, 2.24) is 0 Å². The van der Waals surface area contributed by atoms with E-state index < -0.39 is 5.54 Å². The third kappa shape index (κ3) is 3.15. The summed E-state index contributed by atoms with van der Waals surface area (Å²) in [5, 5.41) is 9.30. The molecule has 1 aliphatic heterocycles. The molecule has 5 heteroatoms. The minimum atomic E-state index is -0.692. The highest BCUT2D eigenvalue weighted by Crippen LogP contribution is 2.30. The summed E-state index contributed by atoms with van der Waals surface area (Å²) in [7, 11) is 3.18. The Hall–Kier alpha value is -1.36. The Kier molecular flexibility index (Phi) is 5.54. The molecule has 5 nitrogen and oxygen atoms in total. The zero-order valence-electron chi connectivity index (χ0n) is 12.2. The molecule has 0 aromatic rings. The Balaban J connectivity index is 3.25. The van der Waals surface area contributed by atoms with E-state index in [1.165, 1.54) is 0 Å². The van der Waals surface area contributed by atoms with Crippen molar-refractivity contribution in [2.75, 3.05) is 20.8 Å². The minimum absolute atomic E-state index is 0.00304. The van der Waals surface area contributed by atoms with Crippen LogP contribution in [0.15, 0.2) is 22.6 Å². The monoisotopic (exact) mass is 268 g/mol. The Morgan fingerprint density at radius 2 is 2.11 bits per heavy atom. The molecule has 0 fully saturated rings. The second kappa shape index (κ2) is 6.70. The third-order valence-corrected chi connectivity index (χ3v) is 3.27. The van der Waals surface area contributed by atoms with Gasteiger partial charge in [0.2, 0.25) is 11.8 Å². The molecule has 1 rings (SSSR count). The highest BCUT2D eigenvalue weighted by atomic mass is 16.5. The lowest BCUT2D eigenvalue weighted by Crippen LogP contribution is -2.46. The van der Waals surface area contributed by atoms with E-state index in [0.29, 0.717) is 24.6 Å². The maximum Gasteiger partial charge on any atom is 0.213 e. The van der Waals surface area contributed by atoms with Crippen molar-refractivity contribution in [1.29, 1.82) is 0 Å². The summed E-state index contributed by atoms with van der Waals surface area (Å²) in [6, 6.07) is -0.142. The fourth-order valence-electron chi connectivity index (χ4n) is 2.29. The summed E-state index contributed by atoms with van der Waals surface area (Å²) < 4.78 is 10.8. The van der Waals surface area contributed by atoms with Crippen LogP contribution >= 0.6 is 0 Å². The minimum Gasteiger partial charge on any atom is -0.483 e. The largest absolute Gasteiger partial charge is 0.483 e. The third-order valence-electron chi connectivity index (χ3n) is 3.27. The molecular formula is C14H24N2O3. The maximum atomic E-state index is 9.30. The molecule has 0 radical (unpaired) electrons. The molecule has 0 saturated heterocycles. The van der Waals surface area contributed by atoms with E-state index in [1.54, 1.807) is 20.3 Å². The van der Waals surface area contributed by atoms with Crippen molar-refractivity contribution in [3.8, 4) is 0 Å². The van der Waals surface area contributed by atoms with Crippen molar-refractivity contribution < 1.29 is 14.6 Å². The van der Waals surface area contributed by atoms with Crippen LogP contribution in [-0.4, -0.2) is 49.3 Å². The molecule has 108 valence electrons. The van der Waals surface area contributed by atoms with Crippen LogP contribution in [0.3, 0.4) is 0 Å². The van der Waals surface area contributed by atoms with Gasteiger partial charge in [-0.15, -0.1) is 6.58 Å². The van der Waals surface area contributed by atoms with Crippen LogP contribution in [0.25, 0.3) is 0 Å². The second-order valence-electron chi connectivity index (χ2n) is 4.98. The Morgan fingerprint density at radius 1 is 1.42 bits per heavy atom. The molecule has 0 amide bonds. The topological polar surface area (TPSA) is 63.4 Å². The Bertz CT molecular complexity index is 377. The predicted octanol–water partition coefficient (Wildman–Crippen LogP) is 1.81. The Labute approximate surface area is 115 Å². The highest BCUT2D eigenvalue weighted by Gasteiger charge is 2.42. The maximum absolute atomic E-state index is 9.30. The fraction of sp³-hybridized carbons (Fsp3) is 0.714. The molecule has 0 unspecified atom stereocenters. The van der Waals surface area contributed by atoms with E-state index in [9.17, 15) is 5.11 Å². The van der Waals surface area contributed by atoms with Gasteiger partial charge >= 0.3 is 0 Å². The van der Waals surface area contributed by atoms with Crippen LogP contribution in [0.1, 0.15) is 26.7 Å². The summed E-state index contributed by atoms with van der Waals surface area (Å²) in [5.41, 5.74) is -0.692. The molecule has 0 aliphatic carbocycles. The molecule has 1 heterocycles.